The lowest BCUT2D eigenvalue weighted by molar-refractivity contribution is -0.132. The highest BCUT2D eigenvalue weighted by Crippen LogP contribution is 2.28. The first-order valence-electron chi connectivity index (χ1n) is 9.88. The van der Waals surface area contributed by atoms with Crippen molar-refractivity contribution in [2.24, 2.45) is 11.8 Å². The molecule has 0 bridgehead atoms. The first kappa shape index (κ1) is 19.2. The van der Waals surface area contributed by atoms with Crippen LogP contribution in [0.15, 0.2) is 18.5 Å². The maximum Gasteiger partial charge on any atom is 0.222 e. The molecule has 2 aliphatic heterocycles. The lowest BCUT2D eigenvalue weighted by Gasteiger charge is -2.32. The van der Waals surface area contributed by atoms with Crippen molar-refractivity contribution >= 4 is 5.91 Å². The average Bonchev–Trinajstić information content (AvgIpc) is 3.13. The van der Waals surface area contributed by atoms with Gasteiger partial charge in [-0.2, -0.15) is 0 Å². The van der Waals surface area contributed by atoms with E-state index in [0.29, 0.717) is 36.3 Å². The Labute approximate surface area is 156 Å². The van der Waals surface area contributed by atoms with E-state index < -0.39 is 0 Å². The fourth-order valence-electron chi connectivity index (χ4n) is 4.02. The maximum absolute atomic E-state index is 12.8. The van der Waals surface area contributed by atoms with Crippen LogP contribution in [0.1, 0.15) is 45.4 Å². The Hall–Kier alpha value is -1.53. The van der Waals surface area contributed by atoms with E-state index in [0.717, 1.165) is 51.3 Å². The highest BCUT2D eigenvalue weighted by atomic mass is 16.5. The van der Waals surface area contributed by atoms with Crippen molar-refractivity contribution in [2.75, 3.05) is 26.7 Å². The number of rotatable bonds is 6. The van der Waals surface area contributed by atoms with Gasteiger partial charge in [0.1, 0.15) is 5.82 Å². The molecule has 6 nitrogen and oxygen atoms in total. The molecule has 2 aliphatic rings. The molecule has 0 aliphatic carbocycles. The molecular formula is C20H32N4O2. The van der Waals surface area contributed by atoms with Crippen molar-refractivity contribution in [1.82, 2.24) is 19.8 Å². The highest BCUT2D eigenvalue weighted by Gasteiger charge is 2.32. The maximum atomic E-state index is 12.8. The topological polar surface area (TPSA) is 58.6 Å². The third-order valence-electron chi connectivity index (χ3n) is 5.78. The number of carbonyl (C=O) groups is 1. The van der Waals surface area contributed by atoms with Crippen molar-refractivity contribution in [1.29, 1.82) is 0 Å². The zero-order valence-electron chi connectivity index (χ0n) is 16.3. The standard InChI is InChI=1S/C20H32N4O2/c1-15(2)18-11-16(6-10-26-18)12-20(25)24-9-5-17(13-24)23(3)14-19-21-7-4-8-22-19/h4,7-8,15-18H,5-6,9-14H2,1-3H3. The molecule has 0 aromatic carbocycles. The summed E-state index contributed by atoms with van der Waals surface area (Å²) in [5.41, 5.74) is 0. The van der Waals surface area contributed by atoms with Crippen LogP contribution in [0.5, 0.6) is 0 Å². The van der Waals surface area contributed by atoms with Crippen LogP contribution in [0.2, 0.25) is 0 Å². The molecule has 2 fully saturated rings. The van der Waals surface area contributed by atoms with E-state index in [-0.39, 0.29) is 0 Å². The van der Waals surface area contributed by atoms with Gasteiger partial charge in [-0.15, -0.1) is 0 Å². The van der Waals surface area contributed by atoms with Crippen LogP contribution in [-0.2, 0) is 16.1 Å². The van der Waals surface area contributed by atoms with Gasteiger partial charge in [-0.25, -0.2) is 9.97 Å². The van der Waals surface area contributed by atoms with E-state index in [9.17, 15) is 4.79 Å². The fraction of sp³-hybridized carbons (Fsp3) is 0.750. The second-order valence-electron chi connectivity index (χ2n) is 8.11. The summed E-state index contributed by atoms with van der Waals surface area (Å²) in [6.45, 7) is 7.60. The van der Waals surface area contributed by atoms with Crippen molar-refractivity contribution in [2.45, 2.75) is 58.2 Å². The molecular weight excluding hydrogens is 328 g/mol. The molecule has 0 N–H and O–H groups in total. The summed E-state index contributed by atoms with van der Waals surface area (Å²) in [7, 11) is 2.10. The number of nitrogens with zero attached hydrogens (tertiary/aromatic N) is 4. The van der Waals surface area contributed by atoms with Crippen LogP contribution in [0.25, 0.3) is 0 Å². The van der Waals surface area contributed by atoms with Gasteiger partial charge in [0.2, 0.25) is 5.91 Å². The molecule has 0 saturated carbocycles. The van der Waals surface area contributed by atoms with Gasteiger partial charge in [-0.05, 0) is 44.2 Å². The summed E-state index contributed by atoms with van der Waals surface area (Å²) >= 11 is 0. The Morgan fingerprint density at radius 1 is 1.35 bits per heavy atom. The van der Waals surface area contributed by atoms with Crippen LogP contribution < -0.4 is 0 Å². The van der Waals surface area contributed by atoms with Gasteiger partial charge in [0.05, 0.1) is 12.6 Å². The molecule has 3 atom stereocenters. The van der Waals surface area contributed by atoms with E-state index in [1.54, 1.807) is 12.4 Å². The molecule has 0 spiro atoms. The molecule has 0 radical (unpaired) electrons. The van der Waals surface area contributed by atoms with Gasteiger partial charge < -0.3 is 9.64 Å². The van der Waals surface area contributed by atoms with Gasteiger partial charge >= 0.3 is 0 Å². The molecule has 3 unspecified atom stereocenters. The highest BCUT2D eigenvalue weighted by molar-refractivity contribution is 5.76. The van der Waals surface area contributed by atoms with Gasteiger partial charge in [0.25, 0.3) is 0 Å². The van der Waals surface area contributed by atoms with E-state index in [1.165, 1.54) is 0 Å². The summed E-state index contributed by atoms with van der Waals surface area (Å²) < 4.78 is 5.84. The second kappa shape index (κ2) is 8.91. The third kappa shape index (κ3) is 5.01. The van der Waals surface area contributed by atoms with Crippen LogP contribution >= 0.6 is 0 Å². The predicted molar refractivity (Wildman–Crippen MR) is 100 cm³/mol. The SMILES string of the molecule is CC(C)C1CC(CC(=O)N2CCC(N(C)Cc3ncccn3)C2)CCO1. The molecule has 3 rings (SSSR count). The summed E-state index contributed by atoms with van der Waals surface area (Å²) in [5.74, 6) is 2.14. The lowest BCUT2D eigenvalue weighted by atomic mass is 9.88. The predicted octanol–water partition coefficient (Wildman–Crippen LogP) is 2.35. The van der Waals surface area contributed by atoms with Crippen molar-refractivity contribution in [3.8, 4) is 0 Å². The van der Waals surface area contributed by atoms with Crippen LogP contribution in [0, 0.1) is 11.8 Å². The fourth-order valence-corrected chi connectivity index (χ4v) is 4.02. The Morgan fingerprint density at radius 2 is 2.12 bits per heavy atom. The molecule has 1 aromatic rings. The molecule has 144 valence electrons. The molecule has 2 saturated heterocycles. The van der Waals surface area contributed by atoms with Gasteiger partial charge in [0.15, 0.2) is 0 Å². The largest absolute Gasteiger partial charge is 0.378 e. The van der Waals surface area contributed by atoms with Gasteiger partial charge in [0, 0.05) is 44.6 Å². The number of likely N-dealkylation sites (N-methyl/N-ethyl adjacent to an activating group) is 1. The summed E-state index contributed by atoms with van der Waals surface area (Å²) in [6.07, 6.45) is 7.59. The van der Waals surface area contributed by atoms with Crippen LogP contribution in [-0.4, -0.2) is 64.6 Å². The Morgan fingerprint density at radius 3 is 2.85 bits per heavy atom. The third-order valence-corrected chi connectivity index (χ3v) is 5.78. The van der Waals surface area contributed by atoms with Gasteiger partial charge in [-0.3, -0.25) is 9.69 Å². The van der Waals surface area contributed by atoms with E-state index in [1.807, 2.05) is 11.0 Å². The number of carbonyl (C=O) groups excluding carboxylic acids is 1. The molecule has 6 heteroatoms. The smallest absolute Gasteiger partial charge is 0.222 e. The summed E-state index contributed by atoms with van der Waals surface area (Å²) in [5, 5.41) is 0. The number of likely N-dealkylation sites (tertiary alicyclic amines) is 1. The number of hydrogen-bond donors (Lipinski definition) is 0. The zero-order valence-corrected chi connectivity index (χ0v) is 16.3. The van der Waals surface area contributed by atoms with E-state index >= 15 is 0 Å². The number of hydrogen-bond acceptors (Lipinski definition) is 5. The normalized spacial score (nSPS) is 26.7. The summed E-state index contributed by atoms with van der Waals surface area (Å²) in [6, 6.07) is 2.22. The average molecular weight is 361 g/mol. The first-order chi connectivity index (χ1) is 12.5. The number of aromatic nitrogens is 2. The minimum Gasteiger partial charge on any atom is -0.378 e. The lowest BCUT2D eigenvalue weighted by Crippen LogP contribution is -2.38. The first-order valence-corrected chi connectivity index (χ1v) is 9.88. The second-order valence-corrected chi connectivity index (χ2v) is 8.11. The zero-order chi connectivity index (χ0) is 18.5. The molecule has 1 aromatic heterocycles. The molecule has 1 amide bonds. The van der Waals surface area contributed by atoms with E-state index in [2.05, 4.69) is 35.8 Å². The Balaban J connectivity index is 1.46. The van der Waals surface area contributed by atoms with Crippen LogP contribution in [0.4, 0.5) is 0 Å². The van der Waals surface area contributed by atoms with Crippen LogP contribution in [0.3, 0.4) is 0 Å². The molecule has 26 heavy (non-hydrogen) atoms. The number of ether oxygens (including phenoxy) is 1. The summed E-state index contributed by atoms with van der Waals surface area (Å²) in [4.78, 5) is 25.7. The van der Waals surface area contributed by atoms with Crippen molar-refractivity contribution < 1.29 is 9.53 Å². The van der Waals surface area contributed by atoms with Crippen molar-refractivity contribution in [3.05, 3.63) is 24.3 Å². The minimum atomic E-state index is 0.310. The Bertz CT molecular complexity index is 580. The monoisotopic (exact) mass is 360 g/mol. The Kier molecular flexibility index (Phi) is 6.59. The molecule has 3 heterocycles. The van der Waals surface area contributed by atoms with Crippen molar-refractivity contribution in [3.63, 3.8) is 0 Å². The quantitative estimate of drug-likeness (QED) is 0.779. The van der Waals surface area contributed by atoms with E-state index in [4.69, 9.17) is 4.74 Å². The van der Waals surface area contributed by atoms with Gasteiger partial charge in [-0.1, -0.05) is 13.8 Å². The minimum absolute atomic E-state index is 0.310. The number of amides is 1.